The summed E-state index contributed by atoms with van der Waals surface area (Å²) in [7, 11) is 0. The predicted octanol–water partition coefficient (Wildman–Crippen LogP) is 3.91. The number of nitrogens with one attached hydrogen (secondary N) is 1. The van der Waals surface area contributed by atoms with Gasteiger partial charge in [-0.05, 0) is 44.5 Å². The molecule has 20 heavy (non-hydrogen) atoms. The molecule has 1 unspecified atom stereocenters. The average Bonchev–Trinajstić information content (AvgIpc) is 3.13. The normalized spacial score (nSPS) is 17.2. The van der Waals surface area contributed by atoms with Gasteiger partial charge in [0.2, 0.25) is 0 Å². The van der Waals surface area contributed by atoms with Crippen molar-refractivity contribution in [1.82, 2.24) is 9.88 Å². The number of anilines is 1. The largest absolute Gasteiger partial charge is 0.377 e. The van der Waals surface area contributed by atoms with Crippen LogP contribution in [0.15, 0.2) is 35.2 Å². The highest BCUT2D eigenvalue weighted by atomic mass is 32.1. The molecule has 2 heterocycles. The van der Waals surface area contributed by atoms with Crippen LogP contribution >= 0.6 is 11.3 Å². The molecule has 3 rings (SSSR count). The molecular formula is C16H21N3S. The van der Waals surface area contributed by atoms with Crippen LogP contribution in [0, 0.1) is 0 Å². The van der Waals surface area contributed by atoms with Crippen LogP contribution in [0.2, 0.25) is 0 Å². The zero-order valence-corrected chi connectivity index (χ0v) is 12.7. The SMILES string of the molecule is CC(Nc1ccccc1CN1CCCC1)c1cscn1. The minimum Gasteiger partial charge on any atom is -0.377 e. The lowest BCUT2D eigenvalue weighted by Gasteiger charge is -2.20. The Kier molecular flexibility index (Phi) is 4.33. The summed E-state index contributed by atoms with van der Waals surface area (Å²) in [5.74, 6) is 0. The average molecular weight is 287 g/mol. The summed E-state index contributed by atoms with van der Waals surface area (Å²) in [5, 5.41) is 5.72. The Morgan fingerprint density at radius 3 is 2.85 bits per heavy atom. The first-order valence-corrected chi connectivity index (χ1v) is 8.22. The summed E-state index contributed by atoms with van der Waals surface area (Å²) >= 11 is 1.65. The Hall–Kier alpha value is -1.39. The molecule has 1 atom stereocenters. The Bertz CT molecular complexity index is 532. The number of benzene rings is 1. The molecule has 0 bridgehead atoms. The highest BCUT2D eigenvalue weighted by Gasteiger charge is 2.15. The van der Waals surface area contributed by atoms with E-state index in [-0.39, 0.29) is 6.04 Å². The summed E-state index contributed by atoms with van der Waals surface area (Å²) in [6.45, 7) is 5.68. The molecule has 0 amide bonds. The zero-order valence-electron chi connectivity index (χ0n) is 11.9. The molecule has 0 aliphatic carbocycles. The molecule has 1 fully saturated rings. The number of hydrogen-bond acceptors (Lipinski definition) is 4. The summed E-state index contributed by atoms with van der Waals surface area (Å²) in [5.41, 5.74) is 5.63. The monoisotopic (exact) mass is 287 g/mol. The third-order valence-electron chi connectivity index (χ3n) is 3.88. The van der Waals surface area contributed by atoms with Gasteiger partial charge in [0, 0.05) is 17.6 Å². The Morgan fingerprint density at radius 1 is 1.30 bits per heavy atom. The Balaban J connectivity index is 1.72. The van der Waals surface area contributed by atoms with Crippen LogP contribution in [0.1, 0.15) is 37.1 Å². The van der Waals surface area contributed by atoms with Gasteiger partial charge in [-0.3, -0.25) is 4.90 Å². The maximum absolute atomic E-state index is 4.39. The molecule has 1 aliphatic rings. The van der Waals surface area contributed by atoms with E-state index in [4.69, 9.17) is 0 Å². The van der Waals surface area contributed by atoms with Gasteiger partial charge in [0.15, 0.2) is 0 Å². The molecule has 1 aromatic heterocycles. The van der Waals surface area contributed by atoms with E-state index in [0.29, 0.717) is 0 Å². The lowest BCUT2D eigenvalue weighted by atomic mass is 10.1. The smallest absolute Gasteiger partial charge is 0.0795 e. The minimum atomic E-state index is 0.251. The number of nitrogens with zero attached hydrogens (tertiary/aromatic N) is 2. The number of aromatic nitrogens is 1. The van der Waals surface area contributed by atoms with E-state index in [0.717, 1.165) is 12.2 Å². The molecule has 0 saturated carbocycles. The lowest BCUT2D eigenvalue weighted by molar-refractivity contribution is 0.332. The van der Waals surface area contributed by atoms with Gasteiger partial charge < -0.3 is 5.32 Å². The standard InChI is InChI=1S/C16H21N3S/c1-13(16-11-20-12-17-16)18-15-7-3-2-6-14(15)10-19-8-4-5-9-19/h2-3,6-7,11-13,18H,4-5,8-10H2,1H3. The Morgan fingerprint density at radius 2 is 2.10 bits per heavy atom. The van der Waals surface area contributed by atoms with Gasteiger partial charge in [0.25, 0.3) is 0 Å². The highest BCUT2D eigenvalue weighted by molar-refractivity contribution is 7.07. The van der Waals surface area contributed by atoms with Crippen LogP contribution in [0.4, 0.5) is 5.69 Å². The molecule has 0 spiro atoms. The number of rotatable bonds is 5. The summed E-state index contributed by atoms with van der Waals surface area (Å²) in [6.07, 6.45) is 2.68. The van der Waals surface area contributed by atoms with E-state index in [1.807, 2.05) is 5.51 Å². The van der Waals surface area contributed by atoms with Crippen LogP contribution in [0.25, 0.3) is 0 Å². The highest BCUT2D eigenvalue weighted by Crippen LogP contribution is 2.24. The molecule has 4 heteroatoms. The van der Waals surface area contributed by atoms with Crippen molar-refractivity contribution in [2.75, 3.05) is 18.4 Å². The fourth-order valence-corrected chi connectivity index (χ4v) is 3.37. The number of thiazole rings is 1. The van der Waals surface area contributed by atoms with E-state index in [9.17, 15) is 0 Å². The maximum Gasteiger partial charge on any atom is 0.0795 e. The zero-order chi connectivity index (χ0) is 13.8. The molecule has 1 aromatic carbocycles. The molecule has 1 N–H and O–H groups in total. The van der Waals surface area contributed by atoms with Crippen LogP contribution in [0.3, 0.4) is 0 Å². The van der Waals surface area contributed by atoms with Crippen molar-refractivity contribution < 1.29 is 0 Å². The van der Waals surface area contributed by atoms with Gasteiger partial charge in [-0.2, -0.15) is 0 Å². The second-order valence-corrected chi connectivity index (χ2v) is 6.14. The van der Waals surface area contributed by atoms with Gasteiger partial charge in [0.1, 0.15) is 0 Å². The number of para-hydroxylation sites is 1. The summed E-state index contributed by atoms with van der Waals surface area (Å²) < 4.78 is 0. The first kappa shape index (κ1) is 13.6. The van der Waals surface area contributed by atoms with Crippen molar-refractivity contribution in [3.63, 3.8) is 0 Å². The van der Waals surface area contributed by atoms with Crippen LogP contribution in [-0.2, 0) is 6.54 Å². The van der Waals surface area contributed by atoms with E-state index < -0.39 is 0 Å². The fraction of sp³-hybridized carbons (Fsp3) is 0.438. The molecule has 3 nitrogen and oxygen atoms in total. The van der Waals surface area contributed by atoms with Crippen molar-refractivity contribution in [3.05, 3.63) is 46.4 Å². The van der Waals surface area contributed by atoms with Crippen molar-refractivity contribution >= 4 is 17.0 Å². The van der Waals surface area contributed by atoms with Crippen LogP contribution in [0.5, 0.6) is 0 Å². The topological polar surface area (TPSA) is 28.2 Å². The van der Waals surface area contributed by atoms with E-state index in [2.05, 4.69) is 51.8 Å². The lowest BCUT2D eigenvalue weighted by Crippen LogP contribution is -2.19. The molecule has 106 valence electrons. The maximum atomic E-state index is 4.39. The second-order valence-electron chi connectivity index (χ2n) is 5.42. The van der Waals surface area contributed by atoms with Crippen molar-refractivity contribution in [2.24, 2.45) is 0 Å². The second kappa shape index (κ2) is 6.37. The van der Waals surface area contributed by atoms with Crippen LogP contribution in [-0.4, -0.2) is 23.0 Å². The third kappa shape index (κ3) is 3.19. The summed E-state index contributed by atoms with van der Waals surface area (Å²) in [4.78, 5) is 6.93. The first-order chi connectivity index (χ1) is 9.83. The van der Waals surface area contributed by atoms with Gasteiger partial charge in [-0.1, -0.05) is 18.2 Å². The third-order valence-corrected chi connectivity index (χ3v) is 4.48. The minimum absolute atomic E-state index is 0.251. The molecule has 0 radical (unpaired) electrons. The van der Waals surface area contributed by atoms with Gasteiger partial charge in [-0.15, -0.1) is 11.3 Å². The quantitative estimate of drug-likeness (QED) is 0.903. The molecule has 1 saturated heterocycles. The number of hydrogen-bond donors (Lipinski definition) is 1. The Labute approximate surface area is 124 Å². The van der Waals surface area contributed by atoms with Crippen molar-refractivity contribution in [2.45, 2.75) is 32.4 Å². The fourth-order valence-electron chi connectivity index (χ4n) is 2.72. The molecular weight excluding hydrogens is 266 g/mol. The van der Waals surface area contributed by atoms with Crippen molar-refractivity contribution in [3.8, 4) is 0 Å². The van der Waals surface area contributed by atoms with Crippen LogP contribution < -0.4 is 5.32 Å². The first-order valence-electron chi connectivity index (χ1n) is 7.28. The number of likely N-dealkylation sites (tertiary alicyclic amines) is 1. The molecule has 1 aliphatic heterocycles. The molecule has 2 aromatic rings. The van der Waals surface area contributed by atoms with Crippen molar-refractivity contribution in [1.29, 1.82) is 0 Å². The van der Waals surface area contributed by atoms with E-state index >= 15 is 0 Å². The predicted molar refractivity (Wildman–Crippen MR) is 85.1 cm³/mol. The van der Waals surface area contributed by atoms with Gasteiger partial charge in [-0.25, -0.2) is 4.98 Å². The van der Waals surface area contributed by atoms with Gasteiger partial charge >= 0.3 is 0 Å². The van der Waals surface area contributed by atoms with E-state index in [1.165, 1.54) is 37.2 Å². The van der Waals surface area contributed by atoms with E-state index in [1.54, 1.807) is 11.3 Å². The summed E-state index contributed by atoms with van der Waals surface area (Å²) in [6, 6.07) is 8.89. The van der Waals surface area contributed by atoms with Gasteiger partial charge in [0.05, 0.1) is 17.2 Å².